The Labute approximate surface area is 182 Å². The van der Waals surface area contributed by atoms with E-state index in [9.17, 15) is 32.7 Å². The van der Waals surface area contributed by atoms with Crippen molar-refractivity contribution in [1.82, 2.24) is 15.8 Å². The number of aromatic hydroxyl groups is 1. The first-order chi connectivity index (χ1) is 14.4. The first-order valence-corrected chi connectivity index (χ1v) is 9.57. The quantitative estimate of drug-likeness (QED) is 0.583. The Morgan fingerprint density at radius 2 is 1.72 bits per heavy atom. The van der Waals surface area contributed by atoms with E-state index in [1.165, 1.54) is 6.92 Å². The molecule has 0 spiro atoms. The Balaban J connectivity index is 2.19. The Hall–Kier alpha value is -3.02. The number of carbonyl (C=O) groups is 3. The molecule has 2 rings (SSSR count). The summed E-state index contributed by atoms with van der Waals surface area (Å²) in [6, 6.07) is 2.13. The van der Waals surface area contributed by atoms with Crippen molar-refractivity contribution >= 4 is 17.9 Å². The van der Waals surface area contributed by atoms with Gasteiger partial charge in [0.15, 0.2) is 0 Å². The summed E-state index contributed by atoms with van der Waals surface area (Å²) < 4.78 is 49.8. The van der Waals surface area contributed by atoms with Crippen LogP contribution in [0, 0.1) is 0 Å². The predicted octanol–water partition coefficient (Wildman–Crippen LogP) is 2.93. The third kappa shape index (κ3) is 5.23. The molecule has 1 heterocycles. The van der Waals surface area contributed by atoms with Gasteiger partial charge in [-0.2, -0.15) is 13.2 Å². The summed E-state index contributed by atoms with van der Waals surface area (Å²) in [4.78, 5) is 39.0. The van der Waals surface area contributed by atoms with Crippen LogP contribution in [0.25, 0.3) is 0 Å². The Morgan fingerprint density at radius 3 is 2.25 bits per heavy atom. The van der Waals surface area contributed by atoms with Crippen molar-refractivity contribution in [2.45, 2.75) is 64.6 Å². The Morgan fingerprint density at radius 1 is 1.12 bits per heavy atom. The Bertz CT molecular complexity index is 926. The van der Waals surface area contributed by atoms with Crippen molar-refractivity contribution < 1.29 is 42.1 Å². The molecular formula is C20H26F3N3O6. The number of hydrogen-bond acceptors (Lipinski definition) is 6. The molecule has 0 aliphatic carbocycles. The van der Waals surface area contributed by atoms with Gasteiger partial charge in [0.25, 0.3) is 11.8 Å². The van der Waals surface area contributed by atoms with Gasteiger partial charge in [0.05, 0.1) is 12.2 Å². The maximum absolute atomic E-state index is 12.9. The lowest BCUT2D eigenvalue weighted by Crippen LogP contribution is -2.63. The summed E-state index contributed by atoms with van der Waals surface area (Å²) in [7, 11) is 0. The van der Waals surface area contributed by atoms with Gasteiger partial charge >= 0.3 is 12.3 Å². The van der Waals surface area contributed by atoms with Crippen LogP contribution in [-0.4, -0.2) is 51.4 Å². The van der Waals surface area contributed by atoms with Crippen molar-refractivity contribution in [3.05, 3.63) is 29.3 Å². The predicted molar refractivity (Wildman–Crippen MR) is 105 cm³/mol. The first-order valence-electron chi connectivity index (χ1n) is 9.57. The van der Waals surface area contributed by atoms with Gasteiger partial charge < -0.3 is 14.6 Å². The molecule has 1 unspecified atom stereocenters. The number of rotatable bonds is 2. The van der Waals surface area contributed by atoms with Crippen molar-refractivity contribution in [3.63, 3.8) is 0 Å². The van der Waals surface area contributed by atoms with Gasteiger partial charge in [0.1, 0.15) is 22.6 Å². The fraction of sp³-hybridized carbons (Fsp3) is 0.550. The molecule has 0 radical (unpaired) electrons. The zero-order chi connectivity index (χ0) is 24.7. The normalized spacial score (nSPS) is 20.6. The van der Waals surface area contributed by atoms with E-state index in [-0.39, 0.29) is 6.61 Å². The molecule has 1 aliphatic rings. The highest BCUT2D eigenvalue weighted by Gasteiger charge is 2.57. The summed E-state index contributed by atoms with van der Waals surface area (Å²) in [5, 5.41) is 9.37. The van der Waals surface area contributed by atoms with Crippen LogP contribution in [0.15, 0.2) is 18.2 Å². The van der Waals surface area contributed by atoms with E-state index >= 15 is 0 Å². The fourth-order valence-corrected chi connectivity index (χ4v) is 3.16. The number of nitrogens with one attached hydrogen (secondary N) is 2. The van der Waals surface area contributed by atoms with E-state index in [2.05, 4.69) is 5.43 Å². The minimum Gasteiger partial charge on any atom is -0.507 e. The van der Waals surface area contributed by atoms with Crippen molar-refractivity contribution in [3.8, 4) is 5.75 Å². The van der Waals surface area contributed by atoms with Crippen LogP contribution in [-0.2, 0) is 20.4 Å². The van der Waals surface area contributed by atoms with E-state index in [0.717, 1.165) is 17.0 Å². The summed E-state index contributed by atoms with van der Waals surface area (Å²) in [6.07, 6.45) is -5.70. The first kappa shape index (κ1) is 25.2. The second kappa shape index (κ2) is 8.15. The van der Waals surface area contributed by atoms with E-state index in [0.29, 0.717) is 6.07 Å². The van der Waals surface area contributed by atoms with E-state index < -0.39 is 57.8 Å². The van der Waals surface area contributed by atoms with Crippen molar-refractivity contribution in [2.75, 3.05) is 6.61 Å². The number of nitrogens with zero attached hydrogens (tertiary/aromatic N) is 1. The molecule has 0 bridgehead atoms. The molecule has 3 N–H and O–H groups in total. The summed E-state index contributed by atoms with van der Waals surface area (Å²) in [6.45, 7) is 9.25. The van der Waals surface area contributed by atoms with Crippen LogP contribution in [0.2, 0.25) is 0 Å². The van der Waals surface area contributed by atoms with Gasteiger partial charge in [0.2, 0.25) is 0 Å². The molecule has 12 heteroatoms. The number of ether oxygens (including phenoxy) is 2. The molecular weight excluding hydrogens is 435 g/mol. The highest BCUT2D eigenvalue weighted by Crippen LogP contribution is 2.37. The van der Waals surface area contributed by atoms with Gasteiger partial charge in [-0.15, -0.1) is 0 Å². The molecule has 1 aromatic rings. The number of phenolic OH excluding ortho intramolecular Hbond substituents is 1. The number of carbonyl (C=O) groups excluding carboxylic acids is 3. The lowest BCUT2D eigenvalue weighted by molar-refractivity contribution is -0.138. The van der Waals surface area contributed by atoms with Crippen molar-refractivity contribution in [2.24, 2.45) is 0 Å². The van der Waals surface area contributed by atoms with Crippen LogP contribution in [0.4, 0.5) is 18.0 Å². The average molecular weight is 461 g/mol. The minimum absolute atomic E-state index is 0.224. The number of benzene rings is 1. The second-order valence-corrected chi connectivity index (χ2v) is 8.96. The molecule has 1 atom stereocenters. The lowest BCUT2D eigenvalue weighted by Gasteiger charge is -2.39. The minimum atomic E-state index is -4.88. The summed E-state index contributed by atoms with van der Waals surface area (Å²) in [5.41, 5.74) is -1.38. The molecule has 32 heavy (non-hydrogen) atoms. The third-order valence-corrected chi connectivity index (χ3v) is 4.66. The van der Waals surface area contributed by atoms with Crippen LogP contribution < -0.4 is 10.9 Å². The van der Waals surface area contributed by atoms with Crippen LogP contribution in [0.1, 0.15) is 57.5 Å². The molecule has 9 nitrogen and oxygen atoms in total. The van der Waals surface area contributed by atoms with Gasteiger partial charge in [-0.25, -0.2) is 4.79 Å². The maximum atomic E-state index is 12.9. The molecule has 0 saturated carbocycles. The number of halogens is 3. The molecule has 1 aliphatic heterocycles. The molecule has 1 saturated heterocycles. The highest BCUT2D eigenvalue weighted by atomic mass is 19.4. The molecule has 1 fully saturated rings. The zero-order valence-electron chi connectivity index (χ0n) is 18.5. The number of amides is 3. The van der Waals surface area contributed by atoms with Crippen LogP contribution in [0.5, 0.6) is 5.75 Å². The number of hydrazine groups is 1. The summed E-state index contributed by atoms with van der Waals surface area (Å²) in [5.74, 6) is -2.95. The molecule has 0 aromatic heterocycles. The second-order valence-electron chi connectivity index (χ2n) is 8.96. The van der Waals surface area contributed by atoms with Gasteiger partial charge in [0, 0.05) is 5.56 Å². The van der Waals surface area contributed by atoms with Crippen LogP contribution in [0.3, 0.4) is 0 Å². The van der Waals surface area contributed by atoms with E-state index in [1.54, 1.807) is 34.6 Å². The third-order valence-electron chi connectivity index (χ3n) is 4.66. The van der Waals surface area contributed by atoms with Gasteiger partial charge in [-0.05, 0) is 59.7 Å². The zero-order valence-corrected chi connectivity index (χ0v) is 18.5. The standard InChI is InChI=1S/C20H26F3N3O6/c1-17(2,3)32-16(30)26-18(4,5)31-10-19(26,6)15(29)25-24-14(28)11-7-8-13(27)12(9-11)20(21,22)23/h7-9,27H,10H2,1-6H3,(H,24,28)(H,25,29). The van der Waals surface area contributed by atoms with Gasteiger partial charge in [-0.3, -0.25) is 25.3 Å². The number of hydrogen-bond donors (Lipinski definition) is 3. The SMILES string of the molecule is CC(C)(C)OC(=O)N1C(C)(C)OCC1(C)C(=O)NNC(=O)c1ccc(O)c(C(F)(F)F)c1. The molecule has 1 aromatic carbocycles. The van der Waals surface area contributed by atoms with E-state index in [4.69, 9.17) is 9.47 Å². The number of alkyl halides is 3. The molecule has 3 amide bonds. The largest absolute Gasteiger partial charge is 0.507 e. The molecule has 178 valence electrons. The Kier molecular flexibility index (Phi) is 6.43. The highest BCUT2D eigenvalue weighted by molar-refractivity contribution is 5.97. The van der Waals surface area contributed by atoms with Crippen LogP contribution >= 0.6 is 0 Å². The lowest BCUT2D eigenvalue weighted by atomic mass is 10.0. The topological polar surface area (TPSA) is 117 Å². The number of phenols is 1. The van der Waals surface area contributed by atoms with E-state index in [1.807, 2.05) is 5.43 Å². The van der Waals surface area contributed by atoms with Crippen molar-refractivity contribution in [1.29, 1.82) is 0 Å². The monoisotopic (exact) mass is 461 g/mol. The fourth-order valence-electron chi connectivity index (χ4n) is 3.16. The maximum Gasteiger partial charge on any atom is 0.419 e. The summed E-state index contributed by atoms with van der Waals surface area (Å²) >= 11 is 0. The van der Waals surface area contributed by atoms with Gasteiger partial charge in [-0.1, -0.05) is 0 Å². The average Bonchev–Trinajstić information content (AvgIpc) is 2.87. The smallest absolute Gasteiger partial charge is 0.419 e.